The second-order valence-electron chi connectivity index (χ2n) is 14.8. The van der Waals surface area contributed by atoms with Crippen LogP contribution in [0.25, 0.3) is 54.9 Å². The summed E-state index contributed by atoms with van der Waals surface area (Å²) in [5.74, 6) is 0. The molecular weight excluding hydrogens is 839 g/mol. The fourth-order valence-electron chi connectivity index (χ4n) is 8.04. The van der Waals surface area contributed by atoms with Crippen LogP contribution in [0.1, 0.15) is 75.6 Å². The van der Waals surface area contributed by atoms with Crippen molar-refractivity contribution in [3.05, 3.63) is 180 Å². The van der Waals surface area contributed by atoms with Crippen molar-refractivity contribution in [3.63, 3.8) is 0 Å². The van der Waals surface area contributed by atoms with Gasteiger partial charge in [0.15, 0.2) is 0 Å². The Morgan fingerprint density at radius 2 is 1.02 bits per heavy atom. The van der Waals surface area contributed by atoms with Gasteiger partial charge in [0, 0.05) is 0 Å². The Bertz CT molecular complexity index is 2300. The maximum Gasteiger partial charge on any atom is 0.0920 e. The Balaban J connectivity index is 0.000000145. The van der Waals surface area contributed by atoms with E-state index >= 15 is 0 Å². The molecule has 0 aromatic heterocycles. The molecule has 8 aromatic carbocycles. The van der Waals surface area contributed by atoms with Crippen LogP contribution in [0, 0.1) is 6.07 Å². The third-order valence-electron chi connectivity index (χ3n) is 10.9. The summed E-state index contributed by atoms with van der Waals surface area (Å²) in [6, 6.07) is 58.5. The van der Waals surface area contributed by atoms with E-state index in [0.717, 1.165) is 22.4 Å². The van der Waals surface area contributed by atoms with Gasteiger partial charge in [-0.1, -0.05) is 171 Å². The average molecular weight is 892 g/mol. The van der Waals surface area contributed by atoms with Gasteiger partial charge >= 0.3 is 37.9 Å². The smallest absolute Gasteiger partial charge is 0.0920 e. The largest absolute Gasteiger partial charge is 0.184 e. The van der Waals surface area contributed by atoms with Crippen molar-refractivity contribution in [2.45, 2.75) is 79.1 Å². The van der Waals surface area contributed by atoms with Crippen LogP contribution >= 0.6 is 17.0 Å². The van der Waals surface area contributed by atoms with Gasteiger partial charge in [0.1, 0.15) is 0 Å². The van der Waals surface area contributed by atoms with Crippen molar-refractivity contribution in [2.75, 3.05) is 0 Å². The summed E-state index contributed by atoms with van der Waals surface area (Å²) in [5.41, 5.74) is 14.2. The third-order valence-corrected chi connectivity index (χ3v) is 12.3. The Labute approximate surface area is 368 Å². The fourth-order valence-corrected chi connectivity index (χ4v) is 9.35. The van der Waals surface area contributed by atoms with Gasteiger partial charge in [-0.05, 0) is 36.8 Å². The summed E-state index contributed by atoms with van der Waals surface area (Å²) in [6.45, 7) is 9.00. The molecule has 0 aliphatic carbocycles. The molecule has 58 heavy (non-hydrogen) atoms. The Morgan fingerprint density at radius 1 is 0.552 bits per heavy atom. The quantitative estimate of drug-likeness (QED) is 0.0948. The maximum atomic E-state index is 4.93. The first-order valence-electron chi connectivity index (χ1n) is 20.9. The van der Waals surface area contributed by atoms with Gasteiger partial charge in [0.05, 0.1) is 9.52 Å². The molecule has 2 radical (unpaired) electrons. The van der Waals surface area contributed by atoms with E-state index in [1.807, 2.05) is 6.07 Å². The van der Waals surface area contributed by atoms with Gasteiger partial charge in [0.25, 0.3) is 0 Å². The zero-order chi connectivity index (χ0) is 40.7. The van der Waals surface area contributed by atoms with Crippen molar-refractivity contribution in [2.24, 2.45) is 0 Å². The normalized spacial score (nSPS) is 11.1. The van der Waals surface area contributed by atoms with Crippen molar-refractivity contribution in [3.8, 4) is 33.4 Å². The maximum absolute atomic E-state index is 4.93. The Hall–Kier alpha value is -3.78. The van der Waals surface area contributed by atoms with Gasteiger partial charge in [-0.25, -0.2) is 0 Å². The fraction of sp³-hybridized carbons (Fsp3) is 0.222. The molecular formula is C54H53Cl2SiZr-3. The monoisotopic (exact) mass is 889 g/mol. The molecule has 0 N–H and O–H groups in total. The minimum atomic E-state index is -0.826. The van der Waals surface area contributed by atoms with E-state index in [0.29, 0.717) is 0 Å². The number of halogens is 2. The van der Waals surface area contributed by atoms with E-state index in [9.17, 15) is 0 Å². The summed E-state index contributed by atoms with van der Waals surface area (Å²) in [7, 11) is 10.7. The molecule has 0 atom stereocenters. The van der Waals surface area contributed by atoms with Gasteiger partial charge in [-0.2, -0.15) is 41.6 Å². The molecule has 0 unspecified atom stereocenters. The van der Waals surface area contributed by atoms with E-state index in [-0.39, 0.29) is 0 Å². The molecule has 0 fully saturated rings. The van der Waals surface area contributed by atoms with Crippen LogP contribution < -0.4 is 10.4 Å². The van der Waals surface area contributed by atoms with Crippen LogP contribution in [0.5, 0.6) is 0 Å². The topological polar surface area (TPSA) is 0 Å². The zero-order valence-corrected chi connectivity index (χ0v) is 39.3. The molecule has 1 aliphatic heterocycles. The van der Waals surface area contributed by atoms with Crippen LogP contribution in [-0.4, -0.2) is 9.52 Å². The molecule has 0 amide bonds. The summed E-state index contributed by atoms with van der Waals surface area (Å²) in [5, 5.41) is 8.44. The number of unbranched alkanes of at least 4 members (excludes halogenated alkanes) is 2. The van der Waals surface area contributed by atoms with E-state index in [4.69, 9.17) is 17.0 Å². The summed E-state index contributed by atoms with van der Waals surface area (Å²) in [6.07, 6.45) is 9.61. The van der Waals surface area contributed by atoms with E-state index < -0.39 is 20.8 Å². The van der Waals surface area contributed by atoms with E-state index in [1.54, 1.807) is 0 Å². The van der Waals surface area contributed by atoms with Crippen LogP contribution in [0.15, 0.2) is 152 Å². The first kappa shape index (κ1) is 43.8. The predicted octanol–water partition coefficient (Wildman–Crippen LogP) is 14.8. The Kier molecular flexibility index (Phi) is 17.0. The Morgan fingerprint density at radius 3 is 1.50 bits per heavy atom. The summed E-state index contributed by atoms with van der Waals surface area (Å²) >= 11 is -0.826. The summed E-state index contributed by atoms with van der Waals surface area (Å²) < 4.78 is 0. The van der Waals surface area contributed by atoms with Crippen molar-refractivity contribution in [1.82, 2.24) is 0 Å². The van der Waals surface area contributed by atoms with Crippen LogP contribution in [-0.2, 0) is 46.5 Å². The van der Waals surface area contributed by atoms with Gasteiger partial charge in [-0.3, -0.25) is 0 Å². The van der Waals surface area contributed by atoms with Crippen LogP contribution in [0.2, 0.25) is 0 Å². The second-order valence-corrected chi connectivity index (χ2v) is 19.8. The van der Waals surface area contributed by atoms with Crippen LogP contribution in [0.3, 0.4) is 0 Å². The molecule has 0 bridgehead atoms. The zero-order valence-electron chi connectivity index (χ0n) is 34.3. The van der Waals surface area contributed by atoms with Gasteiger partial charge in [0.2, 0.25) is 0 Å². The van der Waals surface area contributed by atoms with Crippen LogP contribution in [0.4, 0.5) is 0 Å². The number of aryl methyl sites for hydroxylation is 4. The molecule has 4 heteroatoms. The van der Waals surface area contributed by atoms with Crippen molar-refractivity contribution >= 4 is 58.5 Å². The number of fused-ring (bicyclic) bond motifs is 5. The SMILES string of the molecule is CCCCc1cc2c(-c3ccccc3)c(CC)ccc2[cH-]1.CCCCc1cc2c(-c3ccccc3)c(CC)ccc2[cH-]1.[Cl][Zr][Cl].[c-]1cccc2c1[Si]c1ccccc1-2. The molecule has 294 valence electrons. The van der Waals surface area contributed by atoms with Gasteiger partial charge < -0.3 is 0 Å². The predicted molar refractivity (Wildman–Crippen MR) is 253 cm³/mol. The standard InChI is InChI=1S/2C21H23.C12H7Si.2ClH.Zr/c2*1-3-5-9-16-14-19-13-12-17(4-2)21(20(19)15-16)18-10-7-6-8-11-18;1-3-7-11-9(5-1)10-6-2-4-8-12(10)13-11;;;/h2*6-8,10-15H,3-5,9H2,1-2H3;1-7H;2*1H;/q3*-1;;;+2/p-2. The third kappa shape index (κ3) is 10.9. The molecule has 0 nitrogen and oxygen atoms in total. The molecule has 1 aliphatic rings. The average Bonchev–Trinajstić information content (AvgIpc) is 4.00. The molecule has 0 saturated carbocycles. The minimum Gasteiger partial charge on any atom is -0.184 e. The minimum absolute atomic E-state index is 0.795. The first-order chi connectivity index (χ1) is 28.5. The molecule has 1 heterocycles. The van der Waals surface area contributed by atoms with E-state index in [2.05, 4.69) is 179 Å². The number of hydrogen-bond donors (Lipinski definition) is 0. The van der Waals surface area contributed by atoms with Crippen molar-refractivity contribution < 1.29 is 20.8 Å². The first-order valence-corrected chi connectivity index (χ1v) is 28.2. The van der Waals surface area contributed by atoms with Gasteiger partial charge in [-0.15, -0.1) is 74.6 Å². The summed E-state index contributed by atoms with van der Waals surface area (Å²) in [4.78, 5) is 0. The van der Waals surface area contributed by atoms with Crippen molar-refractivity contribution in [1.29, 1.82) is 0 Å². The second kappa shape index (κ2) is 22.6. The van der Waals surface area contributed by atoms with E-state index in [1.165, 1.54) is 126 Å². The molecule has 9 rings (SSSR count). The molecule has 8 aromatic rings. The number of hydrogen-bond acceptors (Lipinski definition) is 0. The number of benzene rings is 6. The number of rotatable bonds is 10. The molecule has 0 spiro atoms. The molecule has 0 saturated heterocycles.